The third-order valence-electron chi connectivity index (χ3n) is 4.17. The van der Waals surface area contributed by atoms with Crippen LogP contribution < -0.4 is 4.90 Å². The van der Waals surface area contributed by atoms with E-state index in [1.54, 1.807) is 12.4 Å². The predicted molar refractivity (Wildman–Crippen MR) is 86.6 cm³/mol. The number of anilines is 1. The van der Waals surface area contributed by atoms with Crippen LogP contribution in [0.25, 0.3) is 17.2 Å². The molecule has 1 atom stereocenters. The van der Waals surface area contributed by atoms with Gasteiger partial charge in [-0.05, 0) is 13.0 Å². The van der Waals surface area contributed by atoms with E-state index in [4.69, 9.17) is 4.74 Å². The van der Waals surface area contributed by atoms with Crippen molar-refractivity contribution in [2.24, 2.45) is 0 Å². The van der Waals surface area contributed by atoms with Gasteiger partial charge < -0.3 is 9.64 Å². The molecule has 4 rings (SSSR count). The van der Waals surface area contributed by atoms with E-state index in [1.807, 2.05) is 6.07 Å². The van der Waals surface area contributed by atoms with E-state index in [0.717, 1.165) is 12.4 Å². The minimum Gasteiger partial charge on any atom is -0.377 e. The van der Waals surface area contributed by atoms with Gasteiger partial charge in [-0.1, -0.05) is 0 Å². The van der Waals surface area contributed by atoms with Crippen LogP contribution in [0.5, 0.6) is 0 Å². The van der Waals surface area contributed by atoms with E-state index in [1.165, 1.54) is 16.8 Å². The molecule has 0 saturated carbocycles. The smallest absolute Gasteiger partial charge is 0.281 e. The van der Waals surface area contributed by atoms with Gasteiger partial charge >= 0.3 is 0 Å². The fourth-order valence-corrected chi connectivity index (χ4v) is 2.88. The van der Waals surface area contributed by atoms with Crippen molar-refractivity contribution in [3.05, 3.63) is 36.5 Å². The molecule has 1 unspecified atom stereocenters. The zero-order valence-electron chi connectivity index (χ0n) is 13.5. The summed E-state index contributed by atoms with van der Waals surface area (Å²) in [5, 5.41) is 0. The number of alkyl halides is 2. The highest BCUT2D eigenvalue weighted by Crippen LogP contribution is 2.23. The first-order valence-electron chi connectivity index (χ1n) is 7.92. The Morgan fingerprint density at radius 2 is 2.12 bits per heavy atom. The molecule has 3 aromatic rings. The highest BCUT2D eigenvalue weighted by atomic mass is 19.3. The summed E-state index contributed by atoms with van der Waals surface area (Å²) >= 11 is 0. The summed E-state index contributed by atoms with van der Waals surface area (Å²) in [5.41, 5.74) is 0.694. The van der Waals surface area contributed by atoms with Crippen molar-refractivity contribution in [3.63, 3.8) is 0 Å². The maximum Gasteiger partial charge on any atom is 0.281 e. The Morgan fingerprint density at radius 1 is 1.24 bits per heavy atom. The van der Waals surface area contributed by atoms with Gasteiger partial charge in [0.05, 0.1) is 31.6 Å². The molecule has 1 aliphatic rings. The van der Waals surface area contributed by atoms with Crippen molar-refractivity contribution in [1.29, 1.82) is 0 Å². The molecule has 25 heavy (non-hydrogen) atoms. The molecule has 0 bridgehead atoms. The molecule has 0 spiro atoms. The van der Waals surface area contributed by atoms with Crippen LogP contribution >= 0.6 is 0 Å². The first-order valence-corrected chi connectivity index (χ1v) is 7.92. The van der Waals surface area contributed by atoms with E-state index in [0.29, 0.717) is 30.4 Å². The monoisotopic (exact) mass is 346 g/mol. The summed E-state index contributed by atoms with van der Waals surface area (Å²) in [5.74, 6) is 1.20. The Morgan fingerprint density at radius 3 is 2.92 bits per heavy atom. The van der Waals surface area contributed by atoms with Crippen LogP contribution in [0.2, 0.25) is 0 Å². The first-order chi connectivity index (χ1) is 12.1. The van der Waals surface area contributed by atoms with Gasteiger partial charge in [0.15, 0.2) is 11.5 Å². The molecule has 9 heteroatoms. The molecular formula is C16H16F2N6O. The first kappa shape index (κ1) is 15.8. The SMILES string of the molecule is CC1COCCN1c1ccnc(-c2cnc3cnc(C(F)F)cn23)n1. The number of fused-ring (bicyclic) bond motifs is 1. The average Bonchev–Trinajstić information content (AvgIpc) is 3.05. The lowest BCUT2D eigenvalue weighted by Crippen LogP contribution is -2.44. The number of nitrogens with zero attached hydrogens (tertiary/aromatic N) is 6. The Balaban J connectivity index is 1.76. The lowest BCUT2D eigenvalue weighted by atomic mass is 10.2. The zero-order chi connectivity index (χ0) is 17.4. The normalized spacial score (nSPS) is 18.2. The lowest BCUT2D eigenvalue weighted by molar-refractivity contribution is 0.0985. The molecule has 7 nitrogen and oxygen atoms in total. The van der Waals surface area contributed by atoms with E-state index < -0.39 is 6.43 Å². The van der Waals surface area contributed by atoms with Crippen LogP contribution in [-0.4, -0.2) is 50.1 Å². The summed E-state index contributed by atoms with van der Waals surface area (Å²) in [6.45, 7) is 4.08. The molecular weight excluding hydrogens is 330 g/mol. The second kappa shape index (κ2) is 6.32. The molecule has 130 valence electrons. The third kappa shape index (κ3) is 2.91. The number of halogens is 2. The van der Waals surface area contributed by atoms with Crippen LogP contribution in [0.15, 0.2) is 30.9 Å². The summed E-state index contributed by atoms with van der Waals surface area (Å²) in [6.07, 6.45) is 3.16. The van der Waals surface area contributed by atoms with Gasteiger partial charge in [0.1, 0.15) is 17.2 Å². The van der Waals surface area contributed by atoms with Crippen LogP contribution in [-0.2, 0) is 4.74 Å². The topological polar surface area (TPSA) is 68.4 Å². The van der Waals surface area contributed by atoms with E-state index in [-0.39, 0.29) is 11.7 Å². The number of morpholine rings is 1. The van der Waals surface area contributed by atoms with Gasteiger partial charge in [0.2, 0.25) is 0 Å². The Hall–Kier alpha value is -2.68. The van der Waals surface area contributed by atoms with Crippen molar-refractivity contribution < 1.29 is 13.5 Å². The van der Waals surface area contributed by atoms with E-state index in [2.05, 4.69) is 31.8 Å². The fraction of sp³-hybridized carbons (Fsp3) is 0.375. The standard InChI is InChI=1S/C16H16F2N6O/c1-10-9-25-5-4-23(10)13-2-3-19-16(22-13)12-6-21-14-7-20-11(15(17)18)8-24(12)14/h2-3,6-8,10,15H,4-5,9H2,1H3. The van der Waals surface area contributed by atoms with Gasteiger partial charge in [-0.3, -0.25) is 4.40 Å². The molecule has 0 aromatic carbocycles. The summed E-state index contributed by atoms with van der Waals surface area (Å²) in [4.78, 5) is 18.9. The molecule has 0 amide bonds. The lowest BCUT2D eigenvalue weighted by Gasteiger charge is -2.34. The van der Waals surface area contributed by atoms with Crippen molar-refractivity contribution in [2.45, 2.75) is 19.4 Å². The molecule has 1 aliphatic heterocycles. The van der Waals surface area contributed by atoms with Gasteiger partial charge in [-0.2, -0.15) is 0 Å². The second-order valence-electron chi connectivity index (χ2n) is 5.84. The van der Waals surface area contributed by atoms with Gasteiger partial charge in [0.25, 0.3) is 6.43 Å². The van der Waals surface area contributed by atoms with Crippen molar-refractivity contribution in [3.8, 4) is 11.5 Å². The fourth-order valence-electron chi connectivity index (χ4n) is 2.88. The highest BCUT2D eigenvalue weighted by molar-refractivity contribution is 5.58. The van der Waals surface area contributed by atoms with Crippen molar-refractivity contribution >= 4 is 11.5 Å². The Labute approximate surface area is 142 Å². The van der Waals surface area contributed by atoms with Crippen LogP contribution in [0.3, 0.4) is 0 Å². The molecule has 4 heterocycles. The number of hydrogen-bond acceptors (Lipinski definition) is 6. The number of rotatable bonds is 3. The number of hydrogen-bond donors (Lipinski definition) is 0. The van der Waals surface area contributed by atoms with Crippen molar-refractivity contribution in [2.75, 3.05) is 24.7 Å². The minimum absolute atomic E-state index is 0.202. The quantitative estimate of drug-likeness (QED) is 0.725. The van der Waals surface area contributed by atoms with Gasteiger partial charge in [-0.15, -0.1) is 0 Å². The van der Waals surface area contributed by atoms with Crippen LogP contribution in [0, 0.1) is 0 Å². The Kier molecular flexibility index (Phi) is 4.00. The summed E-state index contributed by atoms with van der Waals surface area (Å²) in [6, 6.07) is 2.04. The largest absolute Gasteiger partial charge is 0.377 e. The molecule has 1 fully saturated rings. The number of ether oxygens (including phenoxy) is 1. The Bertz CT molecular complexity index is 899. The number of aromatic nitrogens is 5. The molecule has 3 aromatic heterocycles. The molecule has 0 aliphatic carbocycles. The van der Waals surface area contributed by atoms with E-state index in [9.17, 15) is 8.78 Å². The predicted octanol–water partition coefficient (Wildman–Crippen LogP) is 2.35. The average molecular weight is 346 g/mol. The second-order valence-corrected chi connectivity index (χ2v) is 5.84. The zero-order valence-corrected chi connectivity index (χ0v) is 13.5. The summed E-state index contributed by atoms with van der Waals surface area (Å²) < 4.78 is 32.9. The van der Waals surface area contributed by atoms with Crippen LogP contribution in [0.4, 0.5) is 14.6 Å². The van der Waals surface area contributed by atoms with E-state index >= 15 is 0 Å². The van der Waals surface area contributed by atoms with Crippen LogP contribution in [0.1, 0.15) is 19.0 Å². The maximum absolute atomic E-state index is 12.9. The molecule has 1 saturated heterocycles. The molecule has 0 radical (unpaired) electrons. The van der Waals surface area contributed by atoms with Gasteiger partial charge in [0, 0.05) is 18.9 Å². The van der Waals surface area contributed by atoms with Gasteiger partial charge in [-0.25, -0.2) is 28.7 Å². The summed E-state index contributed by atoms with van der Waals surface area (Å²) in [7, 11) is 0. The maximum atomic E-state index is 12.9. The van der Waals surface area contributed by atoms with Crippen molar-refractivity contribution in [1.82, 2.24) is 24.3 Å². The highest BCUT2D eigenvalue weighted by Gasteiger charge is 2.21. The molecule has 0 N–H and O–H groups in total. The minimum atomic E-state index is -2.65. The number of imidazole rings is 1. The third-order valence-corrected chi connectivity index (χ3v) is 4.17.